The maximum absolute atomic E-state index is 12.5. The molecule has 1 fully saturated rings. The van der Waals surface area contributed by atoms with Crippen molar-refractivity contribution in [2.24, 2.45) is 0 Å². The minimum atomic E-state index is -0.478. The van der Waals surface area contributed by atoms with Gasteiger partial charge in [0.25, 0.3) is 11.8 Å². The second-order valence-electron chi connectivity index (χ2n) is 5.26. The summed E-state index contributed by atoms with van der Waals surface area (Å²) in [6.45, 7) is 1.31. The van der Waals surface area contributed by atoms with Crippen molar-refractivity contribution < 1.29 is 19.1 Å². The summed E-state index contributed by atoms with van der Waals surface area (Å²) in [6.07, 6.45) is 1.49. The quantitative estimate of drug-likeness (QED) is 0.372. The number of para-hydroxylation sites is 1. The van der Waals surface area contributed by atoms with E-state index in [4.69, 9.17) is 4.74 Å². The number of ether oxygens (including phenoxy) is 1. The Bertz CT molecular complexity index is 893. The molecule has 0 saturated carbocycles. The van der Waals surface area contributed by atoms with Gasteiger partial charge in [-0.15, -0.1) is 0 Å². The Balaban J connectivity index is 1.88. The number of halogens is 1. The number of amides is 2. The van der Waals surface area contributed by atoms with Crippen LogP contribution in [0, 0.1) is 0 Å². The molecule has 1 heterocycles. The molecule has 0 bridgehead atoms. The lowest BCUT2D eigenvalue weighted by Crippen LogP contribution is -2.35. The van der Waals surface area contributed by atoms with Crippen molar-refractivity contribution in [3.05, 3.63) is 64.1 Å². The van der Waals surface area contributed by atoms with Crippen molar-refractivity contribution in [2.75, 3.05) is 5.01 Å². The molecule has 1 aliphatic rings. The Morgan fingerprint density at radius 3 is 2.52 bits per heavy atom. The van der Waals surface area contributed by atoms with E-state index in [1.54, 1.807) is 42.5 Å². The number of nitrogens with zero attached hydrogens (tertiary/aromatic N) is 1. The van der Waals surface area contributed by atoms with Crippen LogP contribution in [0.3, 0.4) is 0 Å². The Hall–Kier alpha value is -2.93. The predicted molar refractivity (Wildman–Crippen MR) is 95.5 cm³/mol. The normalized spacial score (nSPS) is 15.4. The van der Waals surface area contributed by atoms with Crippen molar-refractivity contribution in [1.82, 2.24) is 5.43 Å². The number of benzene rings is 2. The topological polar surface area (TPSA) is 75.7 Å². The molecule has 1 saturated heterocycles. The van der Waals surface area contributed by atoms with Crippen LogP contribution in [0.2, 0.25) is 0 Å². The molecule has 1 N–H and O–H groups in total. The van der Waals surface area contributed by atoms with E-state index in [0.29, 0.717) is 21.5 Å². The van der Waals surface area contributed by atoms with E-state index < -0.39 is 17.8 Å². The van der Waals surface area contributed by atoms with Gasteiger partial charge in [-0.1, -0.05) is 24.3 Å². The first-order valence-corrected chi connectivity index (χ1v) is 8.15. The number of esters is 1. The van der Waals surface area contributed by atoms with Crippen LogP contribution in [-0.2, 0) is 14.4 Å². The van der Waals surface area contributed by atoms with E-state index in [9.17, 15) is 14.4 Å². The zero-order valence-electron chi connectivity index (χ0n) is 13.2. The summed E-state index contributed by atoms with van der Waals surface area (Å²) in [5.74, 6) is -0.983. The van der Waals surface area contributed by atoms with Crippen LogP contribution in [0.5, 0.6) is 5.75 Å². The monoisotopic (exact) mass is 400 g/mol. The van der Waals surface area contributed by atoms with E-state index in [0.717, 1.165) is 0 Å². The maximum atomic E-state index is 12.5. The lowest BCUT2D eigenvalue weighted by atomic mass is 10.1. The fourth-order valence-corrected chi connectivity index (χ4v) is 2.80. The Kier molecular flexibility index (Phi) is 4.67. The molecule has 0 aromatic heterocycles. The molecule has 0 aliphatic carbocycles. The number of hydrazine groups is 1. The van der Waals surface area contributed by atoms with Gasteiger partial charge in [0.1, 0.15) is 11.3 Å². The van der Waals surface area contributed by atoms with Gasteiger partial charge >= 0.3 is 5.97 Å². The molecule has 126 valence electrons. The SMILES string of the molecule is CC(=O)Oc1ccc(/C=C2/C(=O)NN(c3ccccc3)C2=O)cc1Br. The lowest BCUT2D eigenvalue weighted by Gasteiger charge is -2.13. The second kappa shape index (κ2) is 6.90. The largest absolute Gasteiger partial charge is 0.426 e. The lowest BCUT2D eigenvalue weighted by molar-refractivity contribution is -0.132. The standard InChI is InChI=1S/C18H13BrN2O4/c1-11(22)25-16-8-7-12(10-15(16)19)9-14-17(23)20-21(18(14)24)13-5-3-2-4-6-13/h2-10H,1H3,(H,20,23)/b14-9-. The van der Waals surface area contributed by atoms with E-state index >= 15 is 0 Å². The van der Waals surface area contributed by atoms with Gasteiger partial charge in [0.05, 0.1) is 10.2 Å². The molecule has 2 aromatic rings. The summed E-state index contributed by atoms with van der Waals surface area (Å²) in [5, 5.41) is 1.20. The third-order valence-corrected chi connectivity index (χ3v) is 4.05. The molecule has 2 amide bonds. The van der Waals surface area contributed by atoms with Crippen molar-refractivity contribution in [3.8, 4) is 5.75 Å². The van der Waals surface area contributed by atoms with E-state index in [2.05, 4.69) is 21.4 Å². The van der Waals surface area contributed by atoms with Gasteiger partial charge in [-0.25, -0.2) is 5.01 Å². The molecule has 2 aromatic carbocycles. The molecule has 3 rings (SSSR count). The van der Waals surface area contributed by atoms with Gasteiger partial charge in [0.2, 0.25) is 0 Å². The van der Waals surface area contributed by atoms with Crippen LogP contribution in [0.25, 0.3) is 6.08 Å². The Labute approximate surface area is 152 Å². The number of carbonyl (C=O) groups is 3. The smallest absolute Gasteiger partial charge is 0.308 e. The van der Waals surface area contributed by atoms with Crippen LogP contribution in [-0.4, -0.2) is 17.8 Å². The van der Waals surface area contributed by atoms with Gasteiger partial charge < -0.3 is 4.74 Å². The van der Waals surface area contributed by atoms with Gasteiger partial charge in [0.15, 0.2) is 0 Å². The third-order valence-electron chi connectivity index (χ3n) is 3.43. The van der Waals surface area contributed by atoms with Crippen LogP contribution < -0.4 is 15.2 Å². The zero-order valence-corrected chi connectivity index (χ0v) is 14.7. The summed E-state index contributed by atoms with van der Waals surface area (Å²) in [7, 11) is 0. The summed E-state index contributed by atoms with van der Waals surface area (Å²) in [5.41, 5.74) is 3.76. The molecule has 0 spiro atoms. The molecule has 7 heteroatoms. The van der Waals surface area contributed by atoms with Crippen LogP contribution >= 0.6 is 15.9 Å². The summed E-state index contributed by atoms with van der Waals surface area (Å²) >= 11 is 3.30. The van der Waals surface area contributed by atoms with Gasteiger partial charge in [-0.05, 0) is 51.8 Å². The predicted octanol–water partition coefficient (Wildman–Crippen LogP) is 2.84. The van der Waals surface area contributed by atoms with Gasteiger partial charge in [-0.2, -0.15) is 0 Å². The highest BCUT2D eigenvalue weighted by Crippen LogP contribution is 2.28. The highest BCUT2D eigenvalue weighted by Gasteiger charge is 2.34. The van der Waals surface area contributed by atoms with Gasteiger partial charge in [0, 0.05) is 6.92 Å². The summed E-state index contributed by atoms with van der Waals surface area (Å²) < 4.78 is 5.57. The van der Waals surface area contributed by atoms with Crippen molar-refractivity contribution >= 4 is 45.5 Å². The van der Waals surface area contributed by atoms with Crippen molar-refractivity contribution in [3.63, 3.8) is 0 Å². The molecule has 6 nitrogen and oxygen atoms in total. The highest BCUT2D eigenvalue weighted by molar-refractivity contribution is 9.10. The Morgan fingerprint density at radius 2 is 1.88 bits per heavy atom. The average Bonchev–Trinajstić information content (AvgIpc) is 2.86. The molecule has 0 radical (unpaired) electrons. The molecule has 1 aliphatic heterocycles. The summed E-state index contributed by atoms with van der Waals surface area (Å²) in [4.78, 5) is 35.7. The third kappa shape index (κ3) is 3.61. The van der Waals surface area contributed by atoms with E-state index in [1.165, 1.54) is 18.0 Å². The molecule has 0 atom stereocenters. The molecule has 0 unspecified atom stereocenters. The summed E-state index contributed by atoms with van der Waals surface area (Å²) in [6, 6.07) is 13.7. The van der Waals surface area contributed by atoms with E-state index in [-0.39, 0.29) is 5.57 Å². The van der Waals surface area contributed by atoms with E-state index in [1.807, 2.05) is 6.07 Å². The van der Waals surface area contributed by atoms with Gasteiger partial charge in [-0.3, -0.25) is 19.8 Å². The Morgan fingerprint density at radius 1 is 1.16 bits per heavy atom. The molecular weight excluding hydrogens is 388 g/mol. The minimum Gasteiger partial charge on any atom is -0.426 e. The van der Waals surface area contributed by atoms with Crippen LogP contribution in [0.4, 0.5) is 5.69 Å². The first kappa shape index (κ1) is 16.9. The first-order valence-electron chi connectivity index (χ1n) is 7.36. The zero-order chi connectivity index (χ0) is 18.0. The highest BCUT2D eigenvalue weighted by atomic mass is 79.9. The average molecular weight is 401 g/mol. The number of hydrogen-bond acceptors (Lipinski definition) is 4. The maximum Gasteiger partial charge on any atom is 0.308 e. The number of rotatable bonds is 3. The van der Waals surface area contributed by atoms with Crippen LogP contribution in [0.15, 0.2) is 58.6 Å². The fraction of sp³-hybridized carbons (Fsp3) is 0.0556. The fourth-order valence-electron chi connectivity index (χ4n) is 2.33. The molecule has 25 heavy (non-hydrogen) atoms. The van der Waals surface area contributed by atoms with Crippen molar-refractivity contribution in [1.29, 1.82) is 0 Å². The number of anilines is 1. The number of nitrogens with one attached hydrogen (secondary N) is 1. The number of carbonyl (C=O) groups excluding carboxylic acids is 3. The van der Waals surface area contributed by atoms with Crippen LogP contribution in [0.1, 0.15) is 12.5 Å². The minimum absolute atomic E-state index is 0.0241. The number of hydrogen-bond donors (Lipinski definition) is 1. The second-order valence-corrected chi connectivity index (χ2v) is 6.11. The first-order chi connectivity index (χ1) is 12.0. The molecular formula is C18H13BrN2O4. The van der Waals surface area contributed by atoms with Crippen molar-refractivity contribution in [2.45, 2.75) is 6.92 Å².